The zero-order valence-corrected chi connectivity index (χ0v) is 13.4. The van der Waals surface area contributed by atoms with E-state index in [1.54, 1.807) is 12.1 Å². The minimum atomic E-state index is -0.996. The van der Waals surface area contributed by atoms with Gasteiger partial charge in [-0.05, 0) is 24.0 Å². The van der Waals surface area contributed by atoms with Gasteiger partial charge in [0.2, 0.25) is 5.91 Å². The number of carbonyl (C=O) groups excluding carboxylic acids is 1. The number of carbonyl (C=O) groups is 2. The Balaban J connectivity index is 1.63. The van der Waals surface area contributed by atoms with Crippen molar-refractivity contribution in [1.29, 1.82) is 0 Å². The second-order valence-corrected chi connectivity index (χ2v) is 6.16. The van der Waals surface area contributed by atoms with Gasteiger partial charge in [-0.1, -0.05) is 35.3 Å². The predicted molar refractivity (Wildman–Crippen MR) is 85.8 cm³/mol. The molecule has 1 saturated carbocycles. The van der Waals surface area contributed by atoms with Gasteiger partial charge in [-0.2, -0.15) is 5.10 Å². The lowest BCUT2D eigenvalue weighted by molar-refractivity contribution is -0.137. The summed E-state index contributed by atoms with van der Waals surface area (Å²) in [5.41, 5.74) is 0.871. The number of anilines is 1. The number of aromatic nitrogens is 2. The first-order valence-corrected chi connectivity index (χ1v) is 7.71. The van der Waals surface area contributed by atoms with E-state index >= 15 is 0 Å². The first-order valence-electron chi connectivity index (χ1n) is 6.95. The number of hydrogen-bond acceptors (Lipinski definition) is 3. The van der Waals surface area contributed by atoms with Gasteiger partial charge in [-0.15, -0.1) is 0 Å². The Bertz CT molecular complexity index is 775. The van der Waals surface area contributed by atoms with Crippen LogP contribution in [0.25, 0.3) is 0 Å². The maximum atomic E-state index is 12.2. The highest BCUT2D eigenvalue weighted by molar-refractivity contribution is 6.42. The van der Waals surface area contributed by atoms with E-state index in [1.807, 2.05) is 12.1 Å². The Morgan fingerprint density at radius 1 is 1.35 bits per heavy atom. The molecule has 1 fully saturated rings. The van der Waals surface area contributed by atoms with Crippen molar-refractivity contribution in [3.63, 3.8) is 0 Å². The molecule has 1 amide bonds. The minimum Gasteiger partial charge on any atom is -0.480 e. The summed E-state index contributed by atoms with van der Waals surface area (Å²) in [6.07, 6.45) is 2.20. The fraction of sp³-hybridized carbons (Fsp3) is 0.267. The fourth-order valence-corrected chi connectivity index (χ4v) is 2.96. The molecule has 1 aliphatic rings. The maximum Gasteiger partial charge on any atom is 0.325 e. The zero-order valence-electron chi connectivity index (χ0n) is 11.9. The third-order valence-electron chi connectivity index (χ3n) is 3.70. The van der Waals surface area contributed by atoms with Crippen molar-refractivity contribution in [3.8, 4) is 0 Å². The number of halogens is 2. The number of aliphatic carboxylic acids is 1. The van der Waals surface area contributed by atoms with Gasteiger partial charge in [-0.25, -0.2) is 0 Å². The van der Waals surface area contributed by atoms with Crippen molar-refractivity contribution in [2.24, 2.45) is 5.92 Å². The molecule has 1 heterocycles. The van der Waals surface area contributed by atoms with Crippen LogP contribution >= 0.6 is 23.2 Å². The van der Waals surface area contributed by atoms with Crippen molar-refractivity contribution in [3.05, 3.63) is 46.1 Å². The normalized spacial score (nSPS) is 19.4. The molecule has 0 spiro atoms. The topological polar surface area (TPSA) is 84.2 Å². The van der Waals surface area contributed by atoms with E-state index < -0.39 is 5.97 Å². The van der Waals surface area contributed by atoms with Gasteiger partial charge in [0.1, 0.15) is 6.54 Å². The number of nitrogens with zero attached hydrogens (tertiary/aromatic N) is 2. The largest absolute Gasteiger partial charge is 0.480 e. The van der Waals surface area contributed by atoms with Gasteiger partial charge in [0.25, 0.3) is 0 Å². The van der Waals surface area contributed by atoms with Gasteiger partial charge in [0.15, 0.2) is 5.82 Å². The van der Waals surface area contributed by atoms with Gasteiger partial charge >= 0.3 is 5.97 Å². The van der Waals surface area contributed by atoms with E-state index in [0.717, 1.165) is 5.56 Å². The zero-order chi connectivity index (χ0) is 16.6. The number of amides is 1. The summed E-state index contributed by atoms with van der Waals surface area (Å²) < 4.78 is 1.25. The Kier molecular flexibility index (Phi) is 4.28. The fourth-order valence-electron chi connectivity index (χ4n) is 2.51. The molecule has 0 saturated heterocycles. The molecule has 2 aromatic rings. The molecule has 0 radical (unpaired) electrons. The highest BCUT2D eigenvalue weighted by atomic mass is 35.5. The lowest BCUT2D eigenvalue weighted by atomic mass is 10.1. The van der Waals surface area contributed by atoms with Crippen LogP contribution in [0.3, 0.4) is 0 Å². The summed E-state index contributed by atoms with van der Waals surface area (Å²) in [5.74, 6) is -0.965. The van der Waals surface area contributed by atoms with Crippen LogP contribution in [0.4, 0.5) is 5.82 Å². The van der Waals surface area contributed by atoms with Crippen LogP contribution in [0, 0.1) is 5.92 Å². The van der Waals surface area contributed by atoms with Crippen LogP contribution in [0.5, 0.6) is 0 Å². The Hall–Kier alpha value is -2.05. The summed E-state index contributed by atoms with van der Waals surface area (Å²) in [4.78, 5) is 22.8. The molecular weight excluding hydrogens is 341 g/mol. The van der Waals surface area contributed by atoms with Crippen LogP contribution < -0.4 is 5.32 Å². The summed E-state index contributed by atoms with van der Waals surface area (Å²) in [5, 5.41) is 16.3. The molecule has 1 aromatic heterocycles. The van der Waals surface area contributed by atoms with Gasteiger partial charge < -0.3 is 10.4 Å². The first kappa shape index (κ1) is 15.8. The predicted octanol–water partition coefficient (Wildman–Crippen LogP) is 3.02. The molecule has 3 rings (SSSR count). The monoisotopic (exact) mass is 353 g/mol. The molecule has 2 N–H and O–H groups in total. The highest BCUT2D eigenvalue weighted by Gasteiger charge is 2.45. The summed E-state index contributed by atoms with van der Waals surface area (Å²) in [7, 11) is 0. The lowest BCUT2D eigenvalue weighted by Crippen LogP contribution is -2.16. The first-order chi connectivity index (χ1) is 11.0. The molecule has 120 valence electrons. The minimum absolute atomic E-state index is 0.0438. The van der Waals surface area contributed by atoms with Crippen molar-refractivity contribution in [2.45, 2.75) is 18.9 Å². The molecule has 0 aliphatic heterocycles. The van der Waals surface area contributed by atoms with E-state index in [4.69, 9.17) is 28.3 Å². The average molecular weight is 354 g/mol. The van der Waals surface area contributed by atoms with E-state index in [1.165, 1.54) is 10.9 Å². The molecule has 23 heavy (non-hydrogen) atoms. The molecule has 8 heteroatoms. The maximum absolute atomic E-state index is 12.2. The Morgan fingerprint density at radius 3 is 2.87 bits per heavy atom. The lowest BCUT2D eigenvalue weighted by Gasteiger charge is -2.05. The van der Waals surface area contributed by atoms with Crippen LogP contribution in [0.15, 0.2) is 30.5 Å². The molecule has 1 aromatic carbocycles. The average Bonchev–Trinajstić information content (AvgIpc) is 3.17. The van der Waals surface area contributed by atoms with Crippen LogP contribution in [-0.4, -0.2) is 26.8 Å². The second kappa shape index (κ2) is 6.22. The van der Waals surface area contributed by atoms with Gasteiger partial charge in [0, 0.05) is 18.2 Å². The number of rotatable bonds is 5. The van der Waals surface area contributed by atoms with Crippen molar-refractivity contribution in [1.82, 2.24) is 9.78 Å². The smallest absolute Gasteiger partial charge is 0.325 e. The van der Waals surface area contributed by atoms with E-state index in [2.05, 4.69) is 10.4 Å². The molecule has 0 bridgehead atoms. The van der Waals surface area contributed by atoms with Gasteiger partial charge in [0.05, 0.1) is 10.0 Å². The van der Waals surface area contributed by atoms with Crippen LogP contribution in [-0.2, 0) is 16.1 Å². The Morgan fingerprint density at radius 2 is 2.13 bits per heavy atom. The van der Waals surface area contributed by atoms with Crippen molar-refractivity contribution in [2.75, 3.05) is 5.32 Å². The molecule has 2 atom stereocenters. The molecular formula is C15H13Cl2N3O3. The van der Waals surface area contributed by atoms with E-state index in [0.29, 0.717) is 22.3 Å². The molecule has 0 unspecified atom stereocenters. The summed E-state index contributed by atoms with van der Waals surface area (Å²) >= 11 is 12.2. The number of benzene rings is 1. The van der Waals surface area contributed by atoms with E-state index in [-0.39, 0.29) is 24.3 Å². The number of hydrogen-bond donors (Lipinski definition) is 2. The second-order valence-electron chi connectivity index (χ2n) is 5.37. The quantitative estimate of drug-likeness (QED) is 0.865. The Labute approximate surface area is 142 Å². The third kappa shape index (κ3) is 3.48. The molecule has 1 aliphatic carbocycles. The summed E-state index contributed by atoms with van der Waals surface area (Å²) in [6.45, 7) is -0.250. The number of carboxylic acids is 1. The van der Waals surface area contributed by atoms with Gasteiger partial charge in [-0.3, -0.25) is 14.3 Å². The van der Waals surface area contributed by atoms with Crippen molar-refractivity contribution < 1.29 is 14.7 Å². The third-order valence-corrected chi connectivity index (χ3v) is 4.53. The number of nitrogens with one attached hydrogen (secondary N) is 1. The molecule has 6 nitrogen and oxygen atoms in total. The standard InChI is InChI=1S/C15H13Cl2N3O3/c16-11-3-1-2-8(14(11)17)9-6-10(9)15(23)18-12-4-5-20(19-12)7-13(21)22/h1-5,9-10H,6-7H2,(H,21,22)(H,18,19,23)/t9-,10+/m1/s1. The van der Waals surface area contributed by atoms with Crippen LogP contribution in [0.2, 0.25) is 10.0 Å². The highest BCUT2D eigenvalue weighted by Crippen LogP contribution is 2.51. The SMILES string of the molecule is O=C(O)Cn1ccc(NC(=O)[C@H]2C[C@@H]2c2cccc(Cl)c2Cl)n1. The summed E-state index contributed by atoms with van der Waals surface area (Å²) in [6, 6.07) is 6.95. The van der Waals surface area contributed by atoms with Crippen LogP contribution in [0.1, 0.15) is 17.9 Å². The number of carboxylic acid groups (broad SMARTS) is 1. The van der Waals surface area contributed by atoms with Crippen molar-refractivity contribution >= 4 is 40.9 Å². The van der Waals surface area contributed by atoms with E-state index in [9.17, 15) is 9.59 Å².